The van der Waals surface area contributed by atoms with Gasteiger partial charge in [0.25, 0.3) is 0 Å². The summed E-state index contributed by atoms with van der Waals surface area (Å²) in [5, 5.41) is 0. The van der Waals surface area contributed by atoms with Gasteiger partial charge >= 0.3 is 0 Å². The molecule has 0 N–H and O–H groups in total. The van der Waals surface area contributed by atoms with Crippen molar-refractivity contribution in [2.75, 3.05) is 13.2 Å². The molecule has 0 aromatic rings. The maximum Gasteiger partial charge on any atom is 0.0822 e. The molecule has 0 aliphatic rings. The number of rotatable bonds is 9. The molecule has 0 saturated heterocycles. The van der Waals surface area contributed by atoms with Crippen LogP contribution in [0.3, 0.4) is 0 Å². The summed E-state index contributed by atoms with van der Waals surface area (Å²) in [6.07, 6.45) is 7.39. The van der Waals surface area contributed by atoms with Gasteiger partial charge in [0.15, 0.2) is 0 Å². The maximum absolute atomic E-state index is 4.95. The van der Waals surface area contributed by atoms with E-state index in [2.05, 4.69) is 13.8 Å². The Morgan fingerprint density at radius 3 is 2.00 bits per heavy atom. The molecule has 2 nitrogen and oxygen atoms in total. The van der Waals surface area contributed by atoms with Crippen LogP contribution >= 0.6 is 0 Å². The van der Waals surface area contributed by atoms with Crippen LogP contribution in [0.1, 0.15) is 52.4 Å². The fraction of sp³-hybridized carbons (Fsp3) is 1.00. The smallest absolute Gasteiger partial charge is 0.0822 e. The molecule has 0 aromatic heterocycles. The van der Waals surface area contributed by atoms with E-state index in [-0.39, 0.29) is 0 Å². The van der Waals surface area contributed by atoms with Gasteiger partial charge in [-0.2, -0.15) is 0 Å². The Bertz CT molecular complexity index is 64.2. The SMILES string of the molecule is CCCCCCCOOCCC. The van der Waals surface area contributed by atoms with E-state index in [1.807, 2.05) is 0 Å². The van der Waals surface area contributed by atoms with Crippen LogP contribution < -0.4 is 0 Å². The molecular weight excluding hydrogens is 152 g/mol. The van der Waals surface area contributed by atoms with E-state index in [1.54, 1.807) is 0 Å². The number of unbranched alkanes of at least 4 members (excludes halogenated alkanes) is 4. The van der Waals surface area contributed by atoms with Crippen LogP contribution in [0.5, 0.6) is 0 Å². The lowest BCUT2D eigenvalue weighted by molar-refractivity contribution is -0.294. The monoisotopic (exact) mass is 174 g/mol. The van der Waals surface area contributed by atoms with Crippen molar-refractivity contribution in [3.63, 3.8) is 0 Å². The van der Waals surface area contributed by atoms with Crippen molar-refractivity contribution in [3.8, 4) is 0 Å². The van der Waals surface area contributed by atoms with Crippen molar-refractivity contribution in [2.45, 2.75) is 52.4 Å². The van der Waals surface area contributed by atoms with Gasteiger partial charge in [0.1, 0.15) is 0 Å². The Labute approximate surface area is 76.2 Å². The normalized spacial score (nSPS) is 10.5. The van der Waals surface area contributed by atoms with Gasteiger partial charge in [-0.15, -0.1) is 0 Å². The molecule has 2 heteroatoms. The zero-order valence-electron chi connectivity index (χ0n) is 8.47. The minimum atomic E-state index is 0.717. The van der Waals surface area contributed by atoms with Gasteiger partial charge in [-0.05, 0) is 12.8 Å². The van der Waals surface area contributed by atoms with E-state index in [9.17, 15) is 0 Å². The Morgan fingerprint density at radius 2 is 1.33 bits per heavy atom. The molecule has 0 atom stereocenters. The summed E-state index contributed by atoms with van der Waals surface area (Å²) in [5.41, 5.74) is 0. The number of hydrogen-bond donors (Lipinski definition) is 0. The van der Waals surface area contributed by atoms with Crippen LogP contribution in [0.4, 0.5) is 0 Å². The lowest BCUT2D eigenvalue weighted by Gasteiger charge is -2.01. The summed E-state index contributed by atoms with van der Waals surface area (Å²) in [6.45, 7) is 5.77. The highest BCUT2D eigenvalue weighted by atomic mass is 17.2. The first-order valence-electron chi connectivity index (χ1n) is 5.16. The van der Waals surface area contributed by atoms with Gasteiger partial charge < -0.3 is 0 Å². The van der Waals surface area contributed by atoms with Gasteiger partial charge in [-0.25, -0.2) is 9.78 Å². The molecule has 0 amide bonds. The van der Waals surface area contributed by atoms with E-state index in [4.69, 9.17) is 9.78 Å². The van der Waals surface area contributed by atoms with Gasteiger partial charge in [0.05, 0.1) is 13.2 Å². The van der Waals surface area contributed by atoms with Gasteiger partial charge in [-0.1, -0.05) is 39.5 Å². The summed E-state index contributed by atoms with van der Waals surface area (Å²) >= 11 is 0. The van der Waals surface area contributed by atoms with Crippen molar-refractivity contribution >= 4 is 0 Å². The van der Waals surface area contributed by atoms with Crippen molar-refractivity contribution in [3.05, 3.63) is 0 Å². The standard InChI is InChI=1S/C10H22O2/c1-3-5-6-7-8-10-12-11-9-4-2/h3-10H2,1-2H3. The fourth-order valence-electron chi connectivity index (χ4n) is 0.966. The molecule has 0 bridgehead atoms. The third-order valence-corrected chi connectivity index (χ3v) is 1.70. The average Bonchev–Trinajstić information content (AvgIpc) is 2.10. The molecule has 0 spiro atoms. The van der Waals surface area contributed by atoms with E-state index in [1.165, 1.54) is 25.7 Å². The van der Waals surface area contributed by atoms with E-state index >= 15 is 0 Å². The van der Waals surface area contributed by atoms with E-state index < -0.39 is 0 Å². The van der Waals surface area contributed by atoms with Crippen LogP contribution in [0.25, 0.3) is 0 Å². The summed E-state index contributed by atoms with van der Waals surface area (Å²) in [4.78, 5) is 9.84. The minimum Gasteiger partial charge on any atom is -0.237 e. The van der Waals surface area contributed by atoms with E-state index in [0.29, 0.717) is 0 Å². The minimum absolute atomic E-state index is 0.717. The Kier molecular flexibility index (Phi) is 10.8. The quantitative estimate of drug-likeness (QED) is 0.303. The Balaban J connectivity index is 2.73. The molecule has 0 saturated carbocycles. The Morgan fingerprint density at radius 1 is 0.667 bits per heavy atom. The molecule has 0 aromatic carbocycles. The van der Waals surface area contributed by atoms with Crippen molar-refractivity contribution in [1.82, 2.24) is 0 Å². The van der Waals surface area contributed by atoms with Crippen molar-refractivity contribution in [1.29, 1.82) is 0 Å². The van der Waals surface area contributed by atoms with Crippen molar-refractivity contribution in [2.24, 2.45) is 0 Å². The maximum atomic E-state index is 4.95. The third-order valence-electron chi connectivity index (χ3n) is 1.70. The second-order valence-corrected chi connectivity index (χ2v) is 3.06. The molecule has 0 rings (SSSR count). The first-order chi connectivity index (χ1) is 5.91. The summed E-state index contributed by atoms with van der Waals surface area (Å²) in [7, 11) is 0. The zero-order valence-corrected chi connectivity index (χ0v) is 8.47. The lowest BCUT2D eigenvalue weighted by Crippen LogP contribution is -1.97. The van der Waals surface area contributed by atoms with Crippen LogP contribution in [-0.2, 0) is 9.78 Å². The highest BCUT2D eigenvalue weighted by Gasteiger charge is 1.89. The first kappa shape index (κ1) is 11.9. The van der Waals surface area contributed by atoms with Crippen molar-refractivity contribution < 1.29 is 9.78 Å². The molecule has 0 aliphatic carbocycles. The summed E-state index contributed by atoms with van der Waals surface area (Å²) < 4.78 is 0. The fourth-order valence-corrected chi connectivity index (χ4v) is 0.966. The second kappa shape index (κ2) is 10.9. The Hall–Kier alpha value is -0.0800. The van der Waals surface area contributed by atoms with Crippen LogP contribution in [0.2, 0.25) is 0 Å². The predicted molar refractivity (Wildman–Crippen MR) is 51.0 cm³/mol. The molecule has 0 aliphatic heterocycles. The molecule has 74 valence electrons. The molecule has 0 heterocycles. The second-order valence-electron chi connectivity index (χ2n) is 3.06. The van der Waals surface area contributed by atoms with Gasteiger partial charge in [0.2, 0.25) is 0 Å². The first-order valence-corrected chi connectivity index (χ1v) is 5.16. The largest absolute Gasteiger partial charge is 0.237 e. The van der Waals surface area contributed by atoms with Crippen LogP contribution in [0, 0.1) is 0 Å². The molecule has 0 fully saturated rings. The summed E-state index contributed by atoms with van der Waals surface area (Å²) in [6, 6.07) is 0. The van der Waals surface area contributed by atoms with Crippen LogP contribution in [-0.4, -0.2) is 13.2 Å². The highest BCUT2D eigenvalue weighted by molar-refractivity contribution is 4.39. The van der Waals surface area contributed by atoms with Gasteiger partial charge in [0, 0.05) is 0 Å². The van der Waals surface area contributed by atoms with Gasteiger partial charge in [-0.3, -0.25) is 0 Å². The number of hydrogen-bond acceptors (Lipinski definition) is 2. The highest BCUT2D eigenvalue weighted by Crippen LogP contribution is 2.02. The molecule has 0 unspecified atom stereocenters. The lowest BCUT2D eigenvalue weighted by atomic mass is 10.2. The third kappa shape index (κ3) is 9.92. The molecular formula is C10H22O2. The molecule has 12 heavy (non-hydrogen) atoms. The predicted octanol–water partition coefficient (Wildman–Crippen LogP) is 3.32. The topological polar surface area (TPSA) is 18.5 Å². The molecule has 0 radical (unpaired) electrons. The van der Waals surface area contributed by atoms with Crippen LogP contribution in [0.15, 0.2) is 0 Å². The van der Waals surface area contributed by atoms with E-state index in [0.717, 1.165) is 26.1 Å². The average molecular weight is 174 g/mol. The summed E-state index contributed by atoms with van der Waals surface area (Å²) in [5.74, 6) is 0. The zero-order chi connectivity index (χ0) is 9.07.